The van der Waals surface area contributed by atoms with Gasteiger partial charge in [0, 0.05) is 5.41 Å². The highest BCUT2D eigenvalue weighted by atomic mass is 16.7. The van der Waals surface area contributed by atoms with Crippen LogP contribution in [0, 0.1) is 11.3 Å². The van der Waals surface area contributed by atoms with Crippen molar-refractivity contribution in [3.63, 3.8) is 0 Å². The molecule has 0 aromatic rings. The van der Waals surface area contributed by atoms with Crippen molar-refractivity contribution in [2.24, 2.45) is 11.3 Å². The average Bonchev–Trinajstić information content (AvgIpc) is 2.32. The average molecular weight is 172 g/mol. The van der Waals surface area contributed by atoms with Crippen LogP contribution in [0.3, 0.4) is 0 Å². The van der Waals surface area contributed by atoms with Gasteiger partial charge in [0.25, 0.3) is 0 Å². The van der Waals surface area contributed by atoms with Gasteiger partial charge in [-0.05, 0) is 6.92 Å². The van der Waals surface area contributed by atoms with Crippen LogP contribution in [0.15, 0.2) is 0 Å². The standard InChI is InChI=1S/C8H12O4/c1-4(9)5-6(8(5,2)3)12-7(10)11/h5-6H,1-3H3,(H,10,11). The molecule has 2 unspecified atom stereocenters. The van der Waals surface area contributed by atoms with E-state index in [2.05, 4.69) is 4.74 Å². The molecule has 4 heteroatoms. The van der Waals surface area contributed by atoms with Crippen molar-refractivity contribution in [1.82, 2.24) is 0 Å². The van der Waals surface area contributed by atoms with Crippen LogP contribution in [-0.4, -0.2) is 23.1 Å². The fraction of sp³-hybridized carbons (Fsp3) is 0.750. The summed E-state index contributed by atoms with van der Waals surface area (Å²) in [7, 11) is 0. The third-order valence-corrected chi connectivity index (χ3v) is 2.39. The van der Waals surface area contributed by atoms with Crippen molar-refractivity contribution in [3.05, 3.63) is 0 Å². The number of hydrogen-bond donors (Lipinski definition) is 1. The lowest BCUT2D eigenvalue weighted by molar-refractivity contribution is -0.119. The summed E-state index contributed by atoms with van der Waals surface area (Å²) in [6.07, 6.45) is -1.76. The maximum atomic E-state index is 10.9. The molecule has 0 radical (unpaired) electrons. The van der Waals surface area contributed by atoms with E-state index in [9.17, 15) is 9.59 Å². The van der Waals surface area contributed by atoms with Crippen LogP contribution in [0.5, 0.6) is 0 Å². The topological polar surface area (TPSA) is 63.6 Å². The van der Waals surface area contributed by atoms with Gasteiger partial charge in [-0.15, -0.1) is 0 Å². The molecular weight excluding hydrogens is 160 g/mol. The molecule has 12 heavy (non-hydrogen) atoms. The zero-order valence-corrected chi connectivity index (χ0v) is 7.33. The highest BCUT2D eigenvalue weighted by Gasteiger charge is 2.63. The van der Waals surface area contributed by atoms with Crippen molar-refractivity contribution in [2.75, 3.05) is 0 Å². The SMILES string of the molecule is CC(=O)C1C(OC(=O)O)C1(C)C. The molecule has 2 atom stereocenters. The number of carboxylic acid groups (broad SMARTS) is 1. The monoisotopic (exact) mass is 172 g/mol. The summed E-state index contributed by atoms with van der Waals surface area (Å²) in [5.74, 6) is -0.264. The zero-order chi connectivity index (χ0) is 9.52. The Balaban J connectivity index is 2.60. The van der Waals surface area contributed by atoms with Gasteiger partial charge in [-0.1, -0.05) is 13.8 Å². The van der Waals surface area contributed by atoms with Gasteiger partial charge in [0.05, 0.1) is 5.92 Å². The molecule has 1 aliphatic carbocycles. The summed E-state index contributed by atoms with van der Waals surface area (Å²) >= 11 is 0. The smallest absolute Gasteiger partial charge is 0.450 e. The molecule has 0 aromatic heterocycles. The molecule has 0 heterocycles. The largest absolute Gasteiger partial charge is 0.506 e. The zero-order valence-electron chi connectivity index (χ0n) is 7.33. The van der Waals surface area contributed by atoms with E-state index in [1.54, 1.807) is 0 Å². The van der Waals surface area contributed by atoms with Gasteiger partial charge in [-0.25, -0.2) is 4.79 Å². The third-order valence-electron chi connectivity index (χ3n) is 2.39. The Morgan fingerprint density at radius 2 is 1.92 bits per heavy atom. The molecule has 68 valence electrons. The molecule has 0 amide bonds. The Morgan fingerprint density at radius 3 is 2.17 bits per heavy atom. The summed E-state index contributed by atoms with van der Waals surface area (Å²) in [5, 5.41) is 8.32. The van der Waals surface area contributed by atoms with Crippen molar-refractivity contribution < 1.29 is 19.4 Å². The normalized spacial score (nSPS) is 30.9. The molecule has 1 aliphatic rings. The summed E-state index contributed by atoms with van der Waals surface area (Å²) in [4.78, 5) is 21.1. The van der Waals surface area contributed by atoms with Crippen LogP contribution in [-0.2, 0) is 9.53 Å². The van der Waals surface area contributed by atoms with Crippen molar-refractivity contribution in [2.45, 2.75) is 26.9 Å². The fourth-order valence-electron chi connectivity index (χ4n) is 1.66. The first-order chi connectivity index (χ1) is 5.37. The quantitative estimate of drug-likeness (QED) is 0.637. The van der Waals surface area contributed by atoms with Gasteiger partial charge < -0.3 is 9.84 Å². The molecule has 4 nitrogen and oxygen atoms in total. The van der Waals surface area contributed by atoms with Crippen LogP contribution in [0.1, 0.15) is 20.8 Å². The van der Waals surface area contributed by atoms with E-state index < -0.39 is 12.3 Å². The van der Waals surface area contributed by atoms with Gasteiger partial charge in [-0.2, -0.15) is 0 Å². The first kappa shape index (κ1) is 9.03. The molecule has 0 aliphatic heterocycles. The van der Waals surface area contributed by atoms with Gasteiger partial charge in [0.1, 0.15) is 11.9 Å². The van der Waals surface area contributed by atoms with E-state index in [-0.39, 0.29) is 17.1 Å². The van der Waals surface area contributed by atoms with Crippen molar-refractivity contribution in [3.8, 4) is 0 Å². The first-order valence-electron chi connectivity index (χ1n) is 3.77. The van der Waals surface area contributed by atoms with Crippen molar-refractivity contribution in [1.29, 1.82) is 0 Å². The molecule has 0 spiro atoms. The predicted octanol–water partition coefficient (Wildman–Crippen LogP) is 1.29. The molecule has 0 bridgehead atoms. The molecule has 1 rings (SSSR count). The lowest BCUT2D eigenvalue weighted by Crippen LogP contribution is -2.08. The lowest BCUT2D eigenvalue weighted by atomic mass is 10.1. The summed E-state index contributed by atoms with van der Waals surface area (Å²) in [6.45, 7) is 5.11. The molecule has 1 N–H and O–H groups in total. The first-order valence-corrected chi connectivity index (χ1v) is 3.77. The fourth-order valence-corrected chi connectivity index (χ4v) is 1.66. The number of carbonyl (C=O) groups excluding carboxylic acids is 1. The highest BCUT2D eigenvalue weighted by molar-refractivity contribution is 5.84. The second-order valence-corrected chi connectivity index (χ2v) is 3.71. The van der Waals surface area contributed by atoms with Crippen LogP contribution in [0.2, 0.25) is 0 Å². The van der Waals surface area contributed by atoms with Gasteiger partial charge in [0.2, 0.25) is 0 Å². The Morgan fingerprint density at radius 1 is 1.42 bits per heavy atom. The van der Waals surface area contributed by atoms with E-state index in [1.165, 1.54) is 6.92 Å². The summed E-state index contributed by atoms with van der Waals surface area (Å²) < 4.78 is 4.55. The van der Waals surface area contributed by atoms with Crippen LogP contribution in [0.4, 0.5) is 4.79 Å². The Bertz CT molecular complexity index is 231. The molecular formula is C8H12O4. The van der Waals surface area contributed by atoms with E-state index >= 15 is 0 Å². The minimum atomic E-state index is -1.31. The predicted molar refractivity (Wildman–Crippen MR) is 40.8 cm³/mol. The van der Waals surface area contributed by atoms with Crippen LogP contribution >= 0.6 is 0 Å². The molecule has 1 saturated carbocycles. The Kier molecular flexibility index (Phi) is 1.86. The second kappa shape index (κ2) is 2.47. The van der Waals surface area contributed by atoms with Gasteiger partial charge >= 0.3 is 6.16 Å². The number of carbonyl (C=O) groups is 2. The second-order valence-electron chi connectivity index (χ2n) is 3.71. The summed E-state index contributed by atoms with van der Waals surface area (Å²) in [5.41, 5.74) is -0.315. The van der Waals surface area contributed by atoms with Crippen LogP contribution < -0.4 is 0 Å². The third kappa shape index (κ3) is 1.29. The maximum absolute atomic E-state index is 10.9. The molecule has 0 saturated heterocycles. The Hall–Kier alpha value is -1.06. The maximum Gasteiger partial charge on any atom is 0.506 e. The van der Waals surface area contributed by atoms with Gasteiger partial charge in [0.15, 0.2) is 0 Å². The van der Waals surface area contributed by atoms with E-state index in [0.29, 0.717) is 0 Å². The number of ether oxygens (including phenoxy) is 1. The molecule has 1 fully saturated rings. The van der Waals surface area contributed by atoms with Crippen molar-refractivity contribution >= 4 is 11.9 Å². The van der Waals surface area contributed by atoms with E-state index in [0.717, 1.165) is 0 Å². The lowest BCUT2D eigenvalue weighted by Gasteiger charge is -1.99. The minimum absolute atomic E-state index is 0.00810. The van der Waals surface area contributed by atoms with E-state index in [4.69, 9.17) is 5.11 Å². The Labute approximate surface area is 70.5 Å². The highest BCUT2D eigenvalue weighted by Crippen LogP contribution is 2.54. The summed E-state index contributed by atoms with van der Waals surface area (Å²) in [6, 6.07) is 0. The number of Topliss-reactive ketones (excluding diaryl/α,β-unsaturated/α-hetero) is 1. The van der Waals surface area contributed by atoms with Crippen LogP contribution in [0.25, 0.3) is 0 Å². The molecule has 0 aromatic carbocycles. The number of hydrogen-bond acceptors (Lipinski definition) is 3. The number of ketones is 1. The minimum Gasteiger partial charge on any atom is -0.450 e. The number of rotatable bonds is 2. The van der Waals surface area contributed by atoms with E-state index in [1.807, 2.05) is 13.8 Å². The van der Waals surface area contributed by atoms with Gasteiger partial charge in [-0.3, -0.25) is 4.79 Å².